The van der Waals surface area contributed by atoms with Crippen LogP contribution in [0.2, 0.25) is 0 Å². The third kappa shape index (κ3) is 9.28. The van der Waals surface area contributed by atoms with Gasteiger partial charge in [0.05, 0.1) is 0 Å². The van der Waals surface area contributed by atoms with Crippen molar-refractivity contribution in [3.63, 3.8) is 0 Å². The van der Waals surface area contributed by atoms with Crippen molar-refractivity contribution in [1.82, 2.24) is 0 Å². The summed E-state index contributed by atoms with van der Waals surface area (Å²) >= 11 is 0. The molecule has 0 amide bonds. The van der Waals surface area contributed by atoms with Crippen molar-refractivity contribution < 1.29 is 72.2 Å². The van der Waals surface area contributed by atoms with E-state index in [1.807, 2.05) is 12.1 Å². The van der Waals surface area contributed by atoms with Gasteiger partial charge in [-0.25, -0.2) is 0 Å². The Morgan fingerprint density at radius 1 is 0.562 bits per heavy atom. The van der Waals surface area contributed by atoms with Crippen LogP contribution in [0.15, 0.2) is 60.7 Å². The molecule has 4 heteroatoms. The first-order valence-corrected chi connectivity index (χ1v) is 4.27. The van der Waals surface area contributed by atoms with Crippen LogP contribution in [-0.4, -0.2) is 10.2 Å². The molecule has 2 rings (SSSR count). The van der Waals surface area contributed by atoms with E-state index >= 15 is 0 Å². The van der Waals surface area contributed by atoms with Gasteiger partial charge >= 0.3 is 59.1 Å². The summed E-state index contributed by atoms with van der Waals surface area (Å²) in [5, 5.41) is 17.3. The molecule has 0 unspecified atom stereocenters. The Morgan fingerprint density at radius 2 is 0.812 bits per heavy atom. The molecule has 0 bridgehead atoms. The number of hydrogen-bond donors (Lipinski definition) is 2. The third-order valence-corrected chi connectivity index (χ3v) is 1.51. The zero-order valence-corrected chi connectivity index (χ0v) is 13.7. The SMILES string of the molecule is Oc1ccccc1.Oc1ccccc1.[H-].[H-].[Na+].[Na+]. The molecule has 0 fully saturated rings. The summed E-state index contributed by atoms with van der Waals surface area (Å²) in [5.41, 5.74) is 0. The van der Waals surface area contributed by atoms with Gasteiger partial charge in [0.1, 0.15) is 11.5 Å². The zero-order chi connectivity index (χ0) is 10.2. The van der Waals surface area contributed by atoms with Crippen molar-refractivity contribution in [2.24, 2.45) is 0 Å². The molecule has 16 heavy (non-hydrogen) atoms. The van der Waals surface area contributed by atoms with Crippen LogP contribution in [0.25, 0.3) is 0 Å². The maximum absolute atomic E-state index is 8.63. The Bertz CT molecular complexity index is 323. The van der Waals surface area contributed by atoms with Crippen LogP contribution in [0, 0.1) is 0 Å². The van der Waals surface area contributed by atoms with Crippen molar-refractivity contribution >= 4 is 0 Å². The summed E-state index contributed by atoms with van der Waals surface area (Å²) in [5.74, 6) is 0.644. The third-order valence-electron chi connectivity index (χ3n) is 1.51. The van der Waals surface area contributed by atoms with E-state index < -0.39 is 0 Å². The van der Waals surface area contributed by atoms with Crippen molar-refractivity contribution in [2.75, 3.05) is 0 Å². The monoisotopic (exact) mass is 236 g/mol. The van der Waals surface area contributed by atoms with Crippen molar-refractivity contribution in [1.29, 1.82) is 0 Å². The number of para-hydroxylation sites is 2. The minimum absolute atomic E-state index is 0. The standard InChI is InChI=1S/2C6H6O.2Na.2H/c2*7-6-4-2-1-3-5-6;;;;/h2*1-5,7H;;;;/q;;2*+1;2*-1. The van der Waals surface area contributed by atoms with E-state index in [9.17, 15) is 0 Å². The molecule has 2 N–H and O–H groups in total. The van der Waals surface area contributed by atoms with Crippen LogP contribution in [0.5, 0.6) is 11.5 Å². The van der Waals surface area contributed by atoms with Crippen LogP contribution in [-0.2, 0) is 0 Å². The van der Waals surface area contributed by atoms with Gasteiger partial charge in [-0.2, -0.15) is 0 Å². The number of rotatable bonds is 0. The molecule has 2 aromatic rings. The molecule has 0 radical (unpaired) electrons. The summed E-state index contributed by atoms with van der Waals surface area (Å²) < 4.78 is 0. The van der Waals surface area contributed by atoms with Gasteiger partial charge in [0.15, 0.2) is 0 Å². The average molecular weight is 236 g/mol. The first kappa shape index (κ1) is 18.4. The fraction of sp³-hybridized carbons (Fsp3) is 0. The van der Waals surface area contributed by atoms with E-state index in [1.54, 1.807) is 48.5 Å². The summed E-state index contributed by atoms with van der Waals surface area (Å²) in [7, 11) is 0. The van der Waals surface area contributed by atoms with Gasteiger partial charge in [-0.3, -0.25) is 0 Å². The zero-order valence-electron chi connectivity index (χ0n) is 11.7. The Kier molecular flexibility index (Phi) is 13.3. The number of hydrogen-bond acceptors (Lipinski definition) is 2. The van der Waals surface area contributed by atoms with Crippen LogP contribution >= 0.6 is 0 Å². The molecule has 0 heterocycles. The number of phenolic OH excluding ortho intramolecular Hbond substituents is 2. The van der Waals surface area contributed by atoms with Gasteiger partial charge in [0.25, 0.3) is 0 Å². The topological polar surface area (TPSA) is 40.5 Å². The second kappa shape index (κ2) is 11.5. The minimum Gasteiger partial charge on any atom is -1.00 e. The van der Waals surface area contributed by atoms with E-state index in [1.165, 1.54) is 0 Å². The van der Waals surface area contributed by atoms with Crippen LogP contribution in [0.4, 0.5) is 0 Å². The number of phenols is 2. The summed E-state index contributed by atoms with van der Waals surface area (Å²) in [6.07, 6.45) is 0. The summed E-state index contributed by atoms with van der Waals surface area (Å²) in [6, 6.07) is 17.4. The molecule has 2 nitrogen and oxygen atoms in total. The Morgan fingerprint density at radius 3 is 0.938 bits per heavy atom. The molecule has 76 valence electrons. The first-order chi connectivity index (χ1) is 6.79. The van der Waals surface area contributed by atoms with Gasteiger partial charge in [-0.05, 0) is 24.3 Å². The van der Waals surface area contributed by atoms with Gasteiger partial charge in [-0.15, -0.1) is 0 Å². The van der Waals surface area contributed by atoms with Crippen LogP contribution in [0.1, 0.15) is 2.85 Å². The van der Waals surface area contributed by atoms with Crippen molar-refractivity contribution in [3.8, 4) is 11.5 Å². The van der Waals surface area contributed by atoms with Crippen LogP contribution in [0.3, 0.4) is 0 Å². The Balaban J connectivity index is -0.0000000891. The van der Waals surface area contributed by atoms with Crippen molar-refractivity contribution in [3.05, 3.63) is 60.7 Å². The maximum atomic E-state index is 8.63. The first-order valence-electron chi connectivity index (χ1n) is 4.27. The Hall–Kier alpha value is 0.0400. The molecule has 0 spiro atoms. The predicted octanol–water partition coefficient (Wildman–Crippen LogP) is -2.98. The van der Waals surface area contributed by atoms with E-state index in [4.69, 9.17) is 10.2 Å². The fourth-order valence-electron chi connectivity index (χ4n) is 0.856. The smallest absolute Gasteiger partial charge is 1.00 e. The maximum Gasteiger partial charge on any atom is 1.00 e. The van der Waals surface area contributed by atoms with Crippen LogP contribution < -0.4 is 59.1 Å². The summed E-state index contributed by atoms with van der Waals surface area (Å²) in [4.78, 5) is 0. The van der Waals surface area contributed by atoms with E-state index in [-0.39, 0.29) is 62.0 Å². The fourth-order valence-corrected chi connectivity index (χ4v) is 0.856. The van der Waals surface area contributed by atoms with Gasteiger partial charge in [0, 0.05) is 0 Å². The normalized spacial score (nSPS) is 7.50. The van der Waals surface area contributed by atoms with Gasteiger partial charge < -0.3 is 13.1 Å². The molecule has 0 saturated carbocycles. The molecule has 0 aromatic heterocycles. The quantitative estimate of drug-likeness (QED) is 0.479. The predicted molar refractivity (Wildman–Crippen MR) is 58.4 cm³/mol. The molecule has 0 aliphatic carbocycles. The summed E-state index contributed by atoms with van der Waals surface area (Å²) in [6.45, 7) is 0. The molecule has 0 aliphatic heterocycles. The van der Waals surface area contributed by atoms with E-state index in [0.29, 0.717) is 11.5 Å². The van der Waals surface area contributed by atoms with Gasteiger partial charge in [-0.1, -0.05) is 36.4 Å². The average Bonchev–Trinajstić information content (AvgIpc) is 2.21. The molecular formula is C12H14Na2O2. The molecule has 0 atom stereocenters. The molecule has 2 aromatic carbocycles. The van der Waals surface area contributed by atoms with E-state index in [2.05, 4.69) is 0 Å². The van der Waals surface area contributed by atoms with E-state index in [0.717, 1.165) is 0 Å². The van der Waals surface area contributed by atoms with Crippen molar-refractivity contribution in [2.45, 2.75) is 0 Å². The minimum atomic E-state index is 0. The largest absolute Gasteiger partial charge is 1.00 e. The molecular weight excluding hydrogens is 222 g/mol. The number of benzene rings is 2. The molecule has 0 saturated heterocycles. The Labute approximate surface area is 143 Å². The number of aromatic hydroxyl groups is 2. The second-order valence-electron chi connectivity index (χ2n) is 2.67. The molecule has 0 aliphatic rings. The second-order valence-corrected chi connectivity index (χ2v) is 2.67. The van der Waals surface area contributed by atoms with Gasteiger partial charge in [0.2, 0.25) is 0 Å².